The van der Waals surface area contributed by atoms with Gasteiger partial charge in [0.15, 0.2) is 0 Å². The summed E-state index contributed by atoms with van der Waals surface area (Å²) in [5, 5.41) is 0. The molecular formula is C22H32. The zero-order valence-electron chi connectivity index (χ0n) is 14.3. The number of fused-ring (bicyclic) bond motifs is 2. The third kappa shape index (κ3) is 2.43. The third-order valence-corrected chi connectivity index (χ3v) is 6.94. The summed E-state index contributed by atoms with van der Waals surface area (Å²) in [4.78, 5) is 0. The van der Waals surface area contributed by atoms with E-state index in [0.717, 1.165) is 23.7 Å². The summed E-state index contributed by atoms with van der Waals surface area (Å²) in [7, 11) is 0. The molecule has 0 heteroatoms. The van der Waals surface area contributed by atoms with E-state index in [1.54, 1.807) is 5.57 Å². The highest BCUT2D eigenvalue weighted by molar-refractivity contribution is 5.49. The van der Waals surface area contributed by atoms with Gasteiger partial charge < -0.3 is 0 Å². The molecule has 0 aromatic heterocycles. The summed E-state index contributed by atoms with van der Waals surface area (Å²) in [6, 6.07) is 0. The van der Waals surface area contributed by atoms with E-state index < -0.39 is 0 Å². The molecule has 0 aliphatic heterocycles. The fraction of sp³-hybridized carbons (Fsp3) is 0.727. The van der Waals surface area contributed by atoms with E-state index >= 15 is 0 Å². The van der Waals surface area contributed by atoms with Gasteiger partial charge in [-0.15, -0.1) is 0 Å². The highest BCUT2D eigenvalue weighted by Crippen LogP contribution is 2.58. The van der Waals surface area contributed by atoms with Crippen LogP contribution in [0.5, 0.6) is 0 Å². The lowest BCUT2D eigenvalue weighted by molar-refractivity contribution is 0.178. The van der Waals surface area contributed by atoms with Gasteiger partial charge in [0.1, 0.15) is 0 Å². The van der Waals surface area contributed by atoms with Gasteiger partial charge in [0.25, 0.3) is 0 Å². The minimum atomic E-state index is 0.927. The van der Waals surface area contributed by atoms with E-state index in [4.69, 9.17) is 0 Å². The molecule has 0 bridgehead atoms. The van der Waals surface area contributed by atoms with Crippen LogP contribution in [-0.4, -0.2) is 0 Å². The molecule has 0 nitrogen and oxygen atoms in total. The van der Waals surface area contributed by atoms with Crippen LogP contribution in [0.1, 0.15) is 77.6 Å². The average molecular weight is 296 g/mol. The SMILES string of the molecule is CCCCC1=CCC2=C1C(C1CC=CCC1)C1CCCCC21. The molecule has 0 heterocycles. The Kier molecular flexibility index (Phi) is 4.29. The summed E-state index contributed by atoms with van der Waals surface area (Å²) < 4.78 is 0. The Balaban J connectivity index is 1.64. The minimum Gasteiger partial charge on any atom is -0.0885 e. The van der Waals surface area contributed by atoms with Crippen molar-refractivity contribution in [2.45, 2.75) is 77.6 Å². The van der Waals surface area contributed by atoms with Gasteiger partial charge in [-0.1, -0.05) is 50.0 Å². The molecule has 0 spiro atoms. The molecule has 0 saturated heterocycles. The number of rotatable bonds is 4. The average Bonchev–Trinajstić information content (AvgIpc) is 3.12. The van der Waals surface area contributed by atoms with Crippen LogP contribution in [0.15, 0.2) is 34.9 Å². The van der Waals surface area contributed by atoms with Crippen molar-refractivity contribution < 1.29 is 0 Å². The summed E-state index contributed by atoms with van der Waals surface area (Å²) in [5.41, 5.74) is 5.60. The maximum atomic E-state index is 2.62. The molecule has 0 aromatic carbocycles. The first-order valence-electron chi connectivity index (χ1n) is 9.97. The molecule has 1 saturated carbocycles. The Morgan fingerprint density at radius 1 is 1.09 bits per heavy atom. The maximum absolute atomic E-state index is 2.62. The van der Waals surface area contributed by atoms with E-state index in [2.05, 4.69) is 25.2 Å². The van der Waals surface area contributed by atoms with Crippen LogP contribution < -0.4 is 0 Å². The topological polar surface area (TPSA) is 0 Å². The molecular weight excluding hydrogens is 264 g/mol. The van der Waals surface area contributed by atoms with Crippen molar-refractivity contribution in [2.24, 2.45) is 23.7 Å². The van der Waals surface area contributed by atoms with Gasteiger partial charge in [0.2, 0.25) is 0 Å². The smallest absolute Gasteiger partial charge is 0.00941 e. The molecule has 0 aromatic rings. The second kappa shape index (κ2) is 6.38. The Morgan fingerprint density at radius 3 is 2.82 bits per heavy atom. The molecule has 4 rings (SSSR count). The monoisotopic (exact) mass is 296 g/mol. The lowest BCUT2D eigenvalue weighted by atomic mass is 9.67. The first-order valence-corrected chi connectivity index (χ1v) is 9.97. The minimum absolute atomic E-state index is 0.927. The van der Waals surface area contributed by atoms with E-state index in [-0.39, 0.29) is 0 Å². The molecule has 0 N–H and O–H groups in total. The second-order valence-electron chi connectivity index (χ2n) is 8.10. The van der Waals surface area contributed by atoms with Crippen LogP contribution in [0.25, 0.3) is 0 Å². The summed E-state index contributed by atoms with van der Waals surface area (Å²) in [6.45, 7) is 2.34. The highest BCUT2D eigenvalue weighted by Gasteiger charge is 2.47. The van der Waals surface area contributed by atoms with Gasteiger partial charge >= 0.3 is 0 Å². The summed E-state index contributed by atoms with van der Waals surface area (Å²) in [6.07, 6.45) is 23.0. The van der Waals surface area contributed by atoms with Crippen LogP contribution in [0.3, 0.4) is 0 Å². The van der Waals surface area contributed by atoms with Gasteiger partial charge in [-0.2, -0.15) is 0 Å². The molecule has 0 radical (unpaired) electrons. The third-order valence-electron chi connectivity index (χ3n) is 6.94. The van der Waals surface area contributed by atoms with Crippen molar-refractivity contribution in [3.05, 3.63) is 34.9 Å². The van der Waals surface area contributed by atoms with E-state index in [1.165, 1.54) is 70.6 Å². The lowest BCUT2D eigenvalue weighted by Gasteiger charge is -2.37. The Labute approximate surface area is 136 Å². The highest BCUT2D eigenvalue weighted by atomic mass is 14.5. The number of unbranched alkanes of at least 4 members (excludes halogenated alkanes) is 1. The van der Waals surface area contributed by atoms with Crippen molar-refractivity contribution in [3.63, 3.8) is 0 Å². The van der Waals surface area contributed by atoms with Gasteiger partial charge in [-0.25, -0.2) is 0 Å². The van der Waals surface area contributed by atoms with Crippen molar-refractivity contribution in [1.82, 2.24) is 0 Å². The zero-order chi connectivity index (χ0) is 14.9. The lowest BCUT2D eigenvalue weighted by Crippen LogP contribution is -2.28. The first-order chi connectivity index (χ1) is 10.9. The van der Waals surface area contributed by atoms with Gasteiger partial charge in [0, 0.05) is 0 Å². The maximum Gasteiger partial charge on any atom is -0.00941 e. The fourth-order valence-electron chi connectivity index (χ4n) is 6.01. The summed E-state index contributed by atoms with van der Waals surface area (Å²) >= 11 is 0. The Bertz CT molecular complexity index is 504. The van der Waals surface area contributed by atoms with Crippen molar-refractivity contribution in [2.75, 3.05) is 0 Å². The predicted molar refractivity (Wildman–Crippen MR) is 94.7 cm³/mol. The van der Waals surface area contributed by atoms with Gasteiger partial charge in [-0.3, -0.25) is 0 Å². The molecule has 120 valence electrons. The number of hydrogen-bond donors (Lipinski definition) is 0. The molecule has 1 fully saturated rings. The molecule has 0 amide bonds. The van der Waals surface area contributed by atoms with E-state index in [1.807, 2.05) is 11.1 Å². The quantitative estimate of drug-likeness (QED) is 0.513. The van der Waals surface area contributed by atoms with Crippen molar-refractivity contribution in [1.29, 1.82) is 0 Å². The molecule has 22 heavy (non-hydrogen) atoms. The number of allylic oxidation sites excluding steroid dienone is 6. The first kappa shape index (κ1) is 14.8. The fourth-order valence-corrected chi connectivity index (χ4v) is 6.01. The van der Waals surface area contributed by atoms with E-state index in [0.29, 0.717) is 0 Å². The normalized spacial score (nSPS) is 37.2. The van der Waals surface area contributed by atoms with Crippen molar-refractivity contribution in [3.8, 4) is 0 Å². The van der Waals surface area contributed by atoms with Crippen molar-refractivity contribution >= 4 is 0 Å². The van der Waals surface area contributed by atoms with Crippen LogP contribution in [0.2, 0.25) is 0 Å². The van der Waals surface area contributed by atoms with Crippen LogP contribution in [-0.2, 0) is 0 Å². The Hall–Kier alpha value is -0.780. The Morgan fingerprint density at radius 2 is 2.00 bits per heavy atom. The van der Waals surface area contributed by atoms with Crippen LogP contribution >= 0.6 is 0 Å². The predicted octanol–water partition coefficient (Wildman–Crippen LogP) is 6.60. The second-order valence-corrected chi connectivity index (χ2v) is 8.10. The van der Waals surface area contributed by atoms with Gasteiger partial charge in [0.05, 0.1) is 0 Å². The molecule has 4 atom stereocenters. The largest absolute Gasteiger partial charge is 0.0885 e. The zero-order valence-corrected chi connectivity index (χ0v) is 14.3. The molecule has 4 aliphatic carbocycles. The standard InChI is InChI=1S/C22H32/c1-2-3-9-17-14-15-20-18-12-7-8-13-19(18)21(22(17)20)16-10-5-4-6-11-16/h4-5,14,16,18-19,21H,2-3,6-13,15H2,1H3. The van der Waals surface area contributed by atoms with Gasteiger partial charge in [-0.05, 0) is 86.2 Å². The van der Waals surface area contributed by atoms with E-state index in [9.17, 15) is 0 Å². The summed E-state index contributed by atoms with van der Waals surface area (Å²) in [5.74, 6) is 3.86. The number of hydrogen-bond acceptors (Lipinski definition) is 0. The van der Waals surface area contributed by atoms with Crippen LogP contribution in [0.4, 0.5) is 0 Å². The molecule has 4 unspecified atom stereocenters. The van der Waals surface area contributed by atoms with Crippen LogP contribution in [0, 0.1) is 23.7 Å². The molecule has 4 aliphatic rings.